The van der Waals surface area contributed by atoms with Crippen LogP contribution in [0.15, 0.2) is 53.3 Å². The van der Waals surface area contributed by atoms with Gasteiger partial charge in [-0.25, -0.2) is 17.4 Å². The van der Waals surface area contributed by atoms with Gasteiger partial charge in [-0.05, 0) is 44.0 Å². The molecule has 1 amide bonds. The van der Waals surface area contributed by atoms with E-state index in [1.807, 2.05) is 30.3 Å². The van der Waals surface area contributed by atoms with Gasteiger partial charge < -0.3 is 5.32 Å². The monoisotopic (exact) mass is 536 g/mol. The van der Waals surface area contributed by atoms with E-state index in [1.54, 1.807) is 36.9 Å². The number of amides is 1. The summed E-state index contributed by atoms with van der Waals surface area (Å²) in [4.78, 5) is 26.3. The van der Waals surface area contributed by atoms with Crippen molar-refractivity contribution in [1.82, 2.24) is 13.7 Å². The first-order valence-corrected chi connectivity index (χ1v) is 13.5. The average molecular weight is 537 g/mol. The summed E-state index contributed by atoms with van der Waals surface area (Å²) in [5, 5.41) is 3.32. The molecule has 1 saturated heterocycles. The van der Waals surface area contributed by atoms with E-state index in [1.165, 1.54) is 8.99 Å². The second kappa shape index (κ2) is 10.2. The van der Waals surface area contributed by atoms with Gasteiger partial charge in [0.25, 0.3) is 5.56 Å². The van der Waals surface area contributed by atoms with Crippen molar-refractivity contribution in [3.8, 4) is 5.69 Å². The van der Waals surface area contributed by atoms with E-state index < -0.39 is 15.9 Å². The van der Waals surface area contributed by atoms with Gasteiger partial charge >= 0.3 is 0 Å². The number of hydrogen-bond donors (Lipinski definition) is 1. The fourth-order valence-electron chi connectivity index (χ4n) is 4.29. The molecule has 8 nitrogen and oxygen atoms in total. The number of rotatable bonds is 6. The smallest absolute Gasteiger partial charge is 0.295 e. The van der Waals surface area contributed by atoms with E-state index >= 15 is 0 Å². The number of piperidine rings is 1. The van der Waals surface area contributed by atoms with Crippen LogP contribution in [-0.4, -0.2) is 41.1 Å². The van der Waals surface area contributed by atoms with Crippen molar-refractivity contribution in [3.63, 3.8) is 0 Å². The zero-order valence-corrected chi connectivity index (χ0v) is 21.7. The Hall–Kier alpha value is -2.59. The highest BCUT2D eigenvalue weighted by Crippen LogP contribution is 2.29. The van der Waals surface area contributed by atoms with E-state index in [2.05, 4.69) is 5.32 Å². The third-order valence-corrected chi connectivity index (χ3v) is 8.82. The van der Waals surface area contributed by atoms with Crippen LogP contribution in [0.2, 0.25) is 10.0 Å². The minimum Gasteiger partial charge on any atom is -0.320 e. The number of sulfonamides is 1. The van der Waals surface area contributed by atoms with Crippen LogP contribution in [0.1, 0.15) is 24.1 Å². The number of halogens is 2. The number of nitrogens with one attached hydrogen (secondary N) is 1. The second-order valence-electron chi connectivity index (χ2n) is 8.58. The number of benzene rings is 2. The molecule has 0 spiro atoms. The molecule has 1 atom stereocenters. The molecular formula is C24H26Cl2N4O4S. The first-order valence-electron chi connectivity index (χ1n) is 11.2. The van der Waals surface area contributed by atoms with Crippen molar-refractivity contribution in [2.24, 2.45) is 13.0 Å². The maximum Gasteiger partial charge on any atom is 0.295 e. The molecule has 3 aromatic rings. The maximum absolute atomic E-state index is 13.1. The number of anilines is 1. The summed E-state index contributed by atoms with van der Waals surface area (Å²) in [6.07, 6.45) is 1.04. The molecule has 0 unspecified atom stereocenters. The molecule has 0 bridgehead atoms. The Morgan fingerprint density at radius 1 is 1.09 bits per heavy atom. The highest BCUT2D eigenvalue weighted by Gasteiger charge is 2.34. The molecule has 2 aromatic carbocycles. The van der Waals surface area contributed by atoms with Gasteiger partial charge in [-0.1, -0.05) is 47.5 Å². The van der Waals surface area contributed by atoms with Crippen LogP contribution in [0.4, 0.5) is 5.69 Å². The van der Waals surface area contributed by atoms with Gasteiger partial charge in [-0.15, -0.1) is 0 Å². The van der Waals surface area contributed by atoms with Crippen molar-refractivity contribution >= 4 is 44.8 Å². The molecule has 1 aromatic heterocycles. The van der Waals surface area contributed by atoms with Crippen molar-refractivity contribution in [2.75, 3.05) is 18.4 Å². The number of carbonyl (C=O) groups excluding carboxylic acids is 1. The summed E-state index contributed by atoms with van der Waals surface area (Å²) in [5.74, 6) is -1.32. The predicted octanol–water partition coefficient (Wildman–Crippen LogP) is 3.97. The Morgan fingerprint density at radius 2 is 1.74 bits per heavy atom. The van der Waals surface area contributed by atoms with Gasteiger partial charge in [0.1, 0.15) is 5.69 Å². The van der Waals surface area contributed by atoms with Crippen LogP contribution in [0.25, 0.3) is 5.69 Å². The first kappa shape index (κ1) is 25.5. The summed E-state index contributed by atoms with van der Waals surface area (Å²) in [6, 6.07) is 14.0. The van der Waals surface area contributed by atoms with Crippen LogP contribution in [0, 0.1) is 12.8 Å². The standard InChI is InChI=1S/C24H26Cl2N4O4S/c1-16-22(24(32)30(28(16)2)18-9-4-3-5-10-18)27-23(31)17-8-7-13-29(14-17)35(33,34)15-19-20(25)11-6-12-21(19)26/h3-6,9-12,17H,7-8,13-15H2,1-2H3,(H,27,31)/t17-/m1/s1. The van der Waals surface area contributed by atoms with Gasteiger partial charge in [0.2, 0.25) is 15.9 Å². The lowest BCUT2D eigenvalue weighted by molar-refractivity contribution is -0.120. The zero-order valence-electron chi connectivity index (χ0n) is 19.4. The lowest BCUT2D eigenvalue weighted by Gasteiger charge is -2.31. The van der Waals surface area contributed by atoms with Crippen LogP contribution >= 0.6 is 23.2 Å². The van der Waals surface area contributed by atoms with Crippen molar-refractivity contribution in [1.29, 1.82) is 0 Å². The van der Waals surface area contributed by atoms with Gasteiger partial charge in [0.05, 0.1) is 23.1 Å². The third kappa shape index (κ3) is 5.18. The third-order valence-electron chi connectivity index (χ3n) is 6.34. The topological polar surface area (TPSA) is 93.4 Å². The average Bonchev–Trinajstić information content (AvgIpc) is 3.05. The minimum atomic E-state index is -3.76. The summed E-state index contributed by atoms with van der Waals surface area (Å²) >= 11 is 12.3. The van der Waals surface area contributed by atoms with E-state index in [9.17, 15) is 18.0 Å². The molecule has 0 radical (unpaired) electrons. The Labute approximate surface area is 214 Å². The first-order chi connectivity index (χ1) is 16.6. The van der Waals surface area contributed by atoms with Crippen LogP contribution in [0.3, 0.4) is 0 Å². The van der Waals surface area contributed by atoms with E-state index in [0.29, 0.717) is 36.3 Å². The molecule has 35 heavy (non-hydrogen) atoms. The Morgan fingerprint density at radius 3 is 2.40 bits per heavy atom. The summed E-state index contributed by atoms with van der Waals surface area (Å²) < 4.78 is 30.7. The molecule has 186 valence electrons. The highest BCUT2D eigenvalue weighted by molar-refractivity contribution is 7.88. The van der Waals surface area contributed by atoms with Crippen LogP contribution < -0.4 is 10.9 Å². The largest absolute Gasteiger partial charge is 0.320 e. The van der Waals surface area contributed by atoms with Crippen molar-refractivity contribution in [3.05, 3.63) is 80.2 Å². The van der Waals surface area contributed by atoms with Crippen LogP contribution in [0.5, 0.6) is 0 Å². The predicted molar refractivity (Wildman–Crippen MR) is 138 cm³/mol. The lowest BCUT2D eigenvalue weighted by Crippen LogP contribution is -2.44. The van der Waals surface area contributed by atoms with E-state index in [0.717, 1.165) is 0 Å². The summed E-state index contributed by atoms with van der Waals surface area (Å²) in [6.45, 7) is 2.08. The molecule has 4 rings (SSSR count). The number of hydrogen-bond acceptors (Lipinski definition) is 4. The lowest BCUT2D eigenvalue weighted by atomic mass is 9.99. The quantitative estimate of drug-likeness (QED) is 0.515. The van der Waals surface area contributed by atoms with Gasteiger partial charge in [0.15, 0.2) is 0 Å². The molecule has 1 aliphatic rings. The zero-order chi connectivity index (χ0) is 25.3. The van der Waals surface area contributed by atoms with Crippen LogP contribution in [-0.2, 0) is 27.6 Å². The Kier molecular flexibility index (Phi) is 7.42. The van der Waals surface area contributed by atoms with Crippen molar-refractivity contribution < 1.29 is 13.2 Å². The highest BCUT2D eigenvalue weighted by atomic mass is 35.5. The molecular weight excluding hydrogens is 511 g/mol. The summed E-state index contributed by atoms with van der Waals surface area (Å²) in [7, 11) is -2.02. The molecule has 1 aliphatic heterocycles. The molecule has 0 saturated carbocycles. The molecule has 0 aliphatic carbocycles. The fraction of sp³-hybridized carbons (Fsp3) is 0.333. The number of carbonyl (C=O) groups is 1. The maximum atomic E-state index is 13.1. The molecule has 1 fully saturated rings. The van der Waals surface area contributed by atoms with Crippen molar-refractivity contribution in [2.45, 2.75) is 25.5 Å². The van der Waals surface area contributed by atoms with E-state index in [4.69, 9.17) is 23.2 Å². The molecule has 1 N–H and O–H groups in total. The normalized spacial score (nSPS) is 16.9. The molecule has 11 heteroatoms. The SMILES string of the molecule is Cc1c(NC(=O)[C@@H]2CCCN(S(=O)(=O)Cc3c(Cl)cccc3Cl)C2)c(=O)n(-c2ccccc2)n1C. The second-order valence-corrected chi connectivity index (χ2v) is 11.4. The number of nitrogens with zero attached hydrogens (tertiary/aromatic N) is 3. The molecule has 2 heterocycles. The minimum absolute atomic E-state index is 0.0228. The van der Waals surface area contributed by atoms with E-state index in [-0.39, 0.29) is 39.5 Å². The summed E-state index contributed by atoms with van der Waals surface area (Å²) in [5.41, 5.74) is 1.45. The van der Waals surface area contributed by atoms with Gasteiger partial charge in [-0.2, -0.15) is 0 Å². The van der Waals surface area contributed by atoms with Gasteiger partial charge in [-0.3, -0.25) is 14.3 Å². The fourth-order valence-corrected chi connectivity index (χ4v) is 6.65. The van der Waals surface area contributed by atoms with Gasteiger partial charge in [0, 0.05) is 35.7 Å². The number of para-hydroxylation sites is 1. The Bertz CT molecular complexity index is 1400. The number of aromatic nitrogens is 2. The Balaban J connectivity index is 1.52.